The number of benzene rings is 2. The van der Waals surface area contributed by atoms with E-state index in [1.54, 1.807) is 6.07 Å². The average molecular weight is 776 g/mol. The molecule has 2 aliphatic rings. The van der Waals surface area contributed by atoms with Gasteiger partial charge in [-0.2, -0.15) is 9.97 Å². The van der Waals surface area contributed by atoms with Gasteiger partial charge in [0.05, 0.1) is 23.3 Å². The van der Waals surface area contributed by atoms with E-state index in [2.05, 4.69) is 49.1 Å². The van der Waals surface area contributed by atoms with Crippen molar-refractivity contribution < 1.29 is 36.5 Å². The zero-order valence-electron chi connectivity index (χ0n) is 31.7. The van der Waals surface area contributed by atoms with Crippen LogP contribution in [0.25, 0.3) is 32.9 Å². The monoisotopic (exact) mass is 775 g/mol. The summed E-state index contributed by atoms with van der Waals surface area (Å²) in [6.45, 7) is 16.4. The molecule has 0 saturated carbocycles. The first kappa shape index (κ1) is 39.3. The molecule has 6 rings (SSSR count). The minimum absolute atomic E-state index is 0.00559. The molecule has 0 aliphatic carbocycles. The topological polar surface area (TPSA) is 100 Å². The molecule has 4 aromatic rings. The second kappa shape index (κ2) is 15.4. The summed E-state index contributed by atoms with van der Waals surface area (Å²) in [5.74, 6) is -0.910. The van der Waals surface area contributed by atoms with Gasteiger partial charge in [-0.25, -0.2) is 18.2 Å². The van der Waals surface area contributed by atoms with Crippen LogP contribution in [0.15, 0.2) is 24.3 Å². The van der Waals surface area contributed by atoms with Crippen LogP contribution in [0, 0.1) is 11.6 Å². The molecule has 0 amide bonds. The molecule has 0 radical (unpaired) electrons. The van der Waals surface area contributed by atoms with Crippen LogP contribution in [0.4, 0.5) is 19.0 Å². The van der Waals surface area contributed by atoms with Gasteiger partial charge in [0.1, 0.15) is 46.8 Å². The van der Waals surface area contributed by atoms with Gasteiger partial charge in [-0.05, 0) is 75.0 Å². The van der Waals surface area contributed by atoms with Crippen molar-refractivity contribution in [1.29, 1.82) is 0 Å². The Labute approximate surface area is 314 Å². The first-order valence-corrected chi connectivity index (χ1v) is 21.3. The molecule has 53 heavy (non-hydrogen) atoms. The standard InChI is InChI=1S/C38H49ClF3N5O5Si/c1-22(2)52-35-29-33(31(42)32(44-35)26-17-25(50-21-48-6)16-23-10-11-27(41)30(39)28(23)26)45-36(49-20-38-12-9-14-47(38)19-24(40)18-38)46-34(29)43-13-15-51-53(7,8)37(3,4)5/h10-11,16-17,22,24H,9,12-15,18-21H2,1-8H3,(H,43,45,46)/t24-,38+/m1/s1. The number of hydrogen-bond donors (Lipinski definition) is 1. The normalized spacial score (nSPS) is 19.4. The van der Waals surface area contributed by atoms with Crippen LogP contribution in [-0.2, 0) is 9.16 Å². The third-order valence-corrected chi connectivity index (χ3v) is 15.5. The van der Waals surface area contributed by atoms with E-state index >= 15 is 4.39 Å². The molecule has 2 fully saturated rings. The number of methoxy groups -OCH3 is 1. The number of alkyl halides is 1. The zero-order valence-corrected chi connectivity index (χ0v) is 33.4. The van der Waals surface area contributed by atoms with Crippen molar-refractivity contribution >= 4 is 47.4 Å². The largest absolute Gasteiger partial charge is 0.474 e. The van der Waals surface area contributed by atoms with Crippen LogP contribution in [-0.4, -0.2) is 92.7 Å². The van der Waals surface area contributed by atoms with Gasteiger partial charge in [0.2, 0.25) is 5.88 Å². The predicted molar refractivity (Wildman–Crippen MR) is 204 cm³/mol. The van der Waals surface area contributed by atoms with Crippen LogP contribution < -0.4 is 19.5 Å². The number of ether oxygens (including phenoxy) is 4. The first-order valence-electron chi connectivity index (χ1n) is 18.0. The lowest BCUT2D eigenvalue weighted by molar-refractivity contribution is 0.0512. The Morgan fingerprint density at radius 3 is 2.58 bits per heavy atom. The van der Waals surface area contributed by atoms with E-state index in [1.165, 1.54) is 25.3 Å². The Morgan fingerprint density at radius 2 is 1.87 bits per heavy atom. The molecule has 2 aromatic heterocycles. The summed E-state index contributed by atoms with van der Waals surface area (Å²) >= 11 is 6.55. The van der Waals surface area contributed by atoms with Crippen molar-refractivity contribution in [3.63, 3.8) is 0 Å². The van der Waals surface area contributed by atoms with Crippen LogP contribution in [0.2, 0.25) is 23.2 Å². The van der Waals surface area contributed by atoms with E-state index in [0.29, 0.717) is 37.3 Å². The number of halogens is 4. The van der Waals surface area contributed by atoms with Crippen molar-refractivity contribution in [2.75, 3.05) is 52.1 Å². The Kier molecular flexibility index (Phi) is 11.4. The number of fused-ring (bicyclic) bond motifs is 3. The molecular weight excluding hydrogens is 727 g/mol. The van der Waals surface area contributed by atoms with Gasteiger partial charge >= 0.3 is 6.01 Å². The van der Waals surface area contributed by atoms with E-state index in [4.69, 9.17) is 44.9 Å². The molecule has 15 heteroatoms. The Balaban J connectivity index is 1.51. The fraction of sp³-hybridized carbons (Fsp3) is 0.553. The number of hydrogen-bond acceptors (Lipinski definition) is 10. The van der Waals surface area contributed by atoms with Crippen molar-refractivity contribution in [2.45, 2.75) is 89.8 Å². The molecule has 1 N–H and O–H groups in total. The summed E-state index contributed by atoms with van der Waals surface area (Å²) in [5.41, 5.74) is -0.659. The summed E-state index contributed by atoms with van der Waals surface area (Å²) < 4.78 is 76.6. The molecule has 2 aromatic carbocycles. The fourth-order valence-corrected chi connectivity index (χ4v) is 8.22. The fourth-order valence-electron chi connectivity index (χ4n) is 6.91. The molecule has 2 saturated heterocycles. The number of anilines is 1. The van der Waals surface area contributed by atoms with E-state index in [1.807, 2.05) is 13.8 Å². The molecule has 288 valence electrons. The summed E-state index contributed by atoms with van der Waals surface area (Å²) in [7, 11) is -0.594. The maximum Gasteiger partial charge on any atom is 0.319 e. The smallest absolute Gasteiger partial charge is 0.319 e. The molecule has 2 aliphatic heterocycles. The van der Waals surface area contributed by atoms with Gasteiger partial charge in [-0.1, -0.05) is 38.4 Å². The van der Waals surface area contributed by atoms with Crippen molar-refractivity contribution in [3.8, 4) is 28.9 Å². The average Bonchev–Trinajstić information content (AvgIpc) is 3.62. The highest BCUT2D eigenvalue weighted by Gasteiger charge is 2.49. The lowest BCUT2D eigenvalue weighted by atomic mass is 9.95. The summed E-state index contributed by atoms with van der Waals surface area (Å²) in [6.07, 6.45) is 0.715. The third-order valence-electron chi connectivity index (χ3n) is 10.6. The zero-order chi connectivity index (χ0) is 38.3. The van der Waals surface area contributed by atoms with E-state index in [0.717, 1.165) is 19.4 Å². The Morgan fingerprint density at radius 1 is 1.09 bits per heavy atom. The second-order valence-corrected chi connectivity index (χ2v) is 20.9. The Hall–Kier alpha value is -3.43. The van der Waals surface area contributed by atoms with Crippen molar-refractivity contribution in [3.05, 3.63) is 40.9 Å². The quantitative estimate of drug-likeness (QED) is 0.0760. The highest BCUT2D eigenvalue weighted by Crippen LogP contribution is 2.44. The number of rotatable bonds is 14. The maximum atomic E-state index is 17.3. The third kappa shape index (κ3) is 8.02. The van der Waals surface area contributed by atoms with E-state index in [-0.39, 0.29) is 74.8 Å². The van der Waals surface area contributed by atoms with Gasteiger partial charge in [-0.3, -0.25) is 4.90 Å². The minimum Gasteiger partial charge on any atom is -0.474 e. The van der Waals surface area contributed by atoms with Crippen molar-refractivity contribution in [2.24, 2.45) is 0 Å². The van der Waals surface area contributed by atoms with E-state index in [9.17, 15) is 8.78 Å². The number of aromatic nitrogens is 3. The first-order chi connectivity index (χ1) is 25.0. The number of pyridine rings is 1. The molecule has 0 spiro atoms. The lowest BCUT2D eigenvalue weighted by Crippen LogP contribution is -2.43. The number of nitrogens with zero attached hydrogens (tertiary/aromatic N) is 4. The van der Waals surface area contributed by atoms with Crippen molar-refractivity contribution in [1.82, 2.24) is 19.9 Å². The maximum absolute atomic E-state index is 17.3. The van der Waals surface area contributed by atoms with Gasteiger partial charge in [0, 0.05) is 37.6 Å². The summed E-state index contributed by atoms with van der Waals surface area (Å²) in [4.78, 5) is 16.2. The lowest BCUT2D eigenvalue weighted by Gasteiger charge is -2.36. The summed E-state index contributed by atoms with van der Waals surface area (Å²) in [5, 5.41) is 4.03. The molecule has 0 bridgehead atoms. The van der Waals surface area contributed by atoms with Crippen LogP contribution >= 0.6 is 11.6 Å². The highest BCUT2D eigenvalue weighted by molar-refractivity contribution is 6.74. The molecular formula is C38H49ClF3N5O5Si. The number of nitrogens with one attached hydrogen (secondary N) is 1. The molecule has 2 atom stereocenters. The van der Waals surface area contributed by atoms with Gasteiger partial charge in [0.25, 0.3) is 0 Å². The minimum atomic E-state index is -2.07. The molecule has 4 heterocycles. The molecule has 10 nitrogen and oxygen atoms in total. The predicted octanol–water partition coefficient (Wildman–Crippen LogP) is 8.94. The SMILES string of the molecule is COCOc1cc(-c2nc(OC(C)C)c3c(NCCO[Si](C)(C)C(C)(C)C)nc(OC[C@@]45CCCN4C[C@H](F)C5)nc3c2F)c2c(Cl)c(F)ccc2c1. The Bertz CT molecular complexity index is 1980. The van der Waals surface area contributed by atoms with E-state index < -0.39 is 31.7 Å². The van der Waals surface area contributed by atoms with Gasteiger partial charge in [0.15, 0.2) is 20.9 Å². The van der Waals surface area contributed by atoms with Crippen LogP contribution in [0.1, 0.15) is 53.9 Å². The van der Waals surface area contributed by atoms with Crippen LogP contribution in [0.3, 0.4) is 0 Å². The second-order valence-electron chi connectivity index (χ2n) is 15.7. The van der Waals surface area contributed by atoms with Gasteiger partial charge < -0.3 is 28.7 Å². The highest BCUT2D eigenvalue weighted by atomic mass is 35.5. The van der Waals surface area contributed by atoms with Crippen LogP contribution in [0.5, 0.6) is 17.6 Å². The molecule has 0 unspecified atom stereocenters. The van der Waals surface area contributed by atoms with Gasteiger partial charge in [-0.15, -0.1) is 0 Å². The summed E-state index contributed by atoms with van der Waals surface area (Å²) in [6, 6.07) is 5.86.